The quantitative estimate of drug-likeness (QED) is 0.527. The molecule has 0 aromatic rings. The fourth-order valence-corrected chi connectivity index (χ4v) is 7.95. The highest BCUT2D eigenvalue weighted by Crippen LogP contribution is 2.60. The van der Waals surface area contributed by atoms with Crippen molar-refractivity contribution in [3.8, 4) is 0 Å². The van der Waals surface area contributed by atoms with Crippen LogP contribution in [0, 0.1) is 29.6 Å². The van der Waals surface area contributed by atoms with Crippen LogP contribution in [0.15, 0.2) is 0 Å². The summed E-state index contributed by atoms with van der Waals surface area (Å²) in [4.78, 5) is 44.2. The standard InChI is InChI=1S/C27H42N2O5/c1-16(2)29-23-18-14-19(24(23)33-20(30)15-28-12-8-5-9-13-28)22(21(18)25(29)31)26(32)34-27(3,4)17-10-6-7-11-17/h16-19,21-24H,5-15H2,1-4H3. The van der Waals surface area contributed by atoms with Crippen molar-refractivity contribution in [3.63, 3.8) is 0 Å². The number of ether oxygens (including phenoxy) is 2. The molecule has 6 unspecified atom stereocenters. The first-order valence-corrected chi connectivity index (χ1v) is 13.7. The first-order chi connectivity index (χ1) is 16.2. The summed E-state index contributed by atoms with van der Waals surface area (Å²) in [6.45, 7) is 10.2. The van der Waals surface area contributed by atoms with Gasteiger partial charge < -0.3 is 14.4 Å². The number of piperidine rings is 1. The van der Waals surface area contributed by atoms with E-state index >= 15 is 0 Å². The van der Waals surface area contributed by atoms with Gasteiger partial charge in [-0.3, -0.25) is 19.3 Å². The molecule has 7 heteroatoms. The van der Waals surface area contributed by atoms with E-state index in [1.807, 2.05) is 32.6 Å². The summed E-state index contributed by atoms with van der Waals surface area (Å²) in [5, 5.41) is 0. The number of carbonyl (C=O) groups excluding carboxylic acids is 3. The fourth-order valence-electron chi connectivity index (χ4n) is 7.95. The average Bonchev–Trinajstić information content (AvgIpc) is 3.53. The Balaban J connectivity index is 1.34. The second-order valence-corrected chi connectivity index (χ2v) is 12.2. The monoisotopic (exact) mass is 474 g/mol. The van der Waals surface area contributed by atoms with Crippen molar-refractivity contribution in [1.29, 1.82) is 0 Å². The van der Waals surface area contributed by atoms with E-state index in [2.05, 4.69) is 4.90 Å². The molecular weight excluding hydrogens is 432 g/mol. The third kappa shape index (κ3) is 4.06. The van der Waals surface area contributed by atoms with Gasteiger partial charge in [0.15, 0.2) is 0 Å². The summed E-state index contributed by atoms with van der Waals surface area (Å²) in [5.74, 6) is -0.978. The van der Waals surface area contributed by atoms with Crippen LogP contribution in [0.5, 0.6) is 0 Å². The van der Waals surface area contributed by atoms with Crippen LogP contribution in [0.25, 0.3) is 0 Å². The van der Waals surface area contributed by atoms with E-state index in [4.69, 9.17) is 9.47 Å². The van der Waals surface area contributed by atoms with Crippen LogP contribution < -0.4 is 0 Å². The summed E-state index contributed by atoms with van der Waals surface area (Å²) in [6, 6.07) is -0.101. The number of esters is 2. The summed E-state index contributed by atoms with van der Waals surface area (Å²) in [7, 11) is 0. The zero-order valence-electron chi connectivity index (χ0n) is 21.3. The van der Waals surface area contributed by atoms with Gasteiger partial charge in [-0.05, 0) is 84.7 Å². The number of hydrogen-bond acceptors (Lipinski definition) is 6. The molecule has 0 spiro atoms. The van der Waals surface area contributed by atoms with Crippen LogP contribution in [-0.2, 0) is 23.9 Å². The third-order valence-corrected chi connectivity index (χ3v) is 9.51. The Labute approximate surface area is 203 Å². The van der Waals surface area contributed by atoms with Gasteiger partial charge in [0, 0.05) is 12.0 Å². The number of hydrogen-bond donors (Lipinski definition) is 0. The van der Waals surface area contributed by atoms with Crippen LogP contribution in [0.1, 0.15) is 79.1 Å². The van der Waals surface area contributed by atoms with E-state index in [0.29, 0.717) is 12.5 Å². The van der Waals surface area contributed by atoms with E-state index in [1.54, 1.807) is 0 Å². The van der Waals surface area contributed by atoms with Crippen LogP contribution in [0.3, 0.4) is 0 Å². The molecule has 5 fully saturated rings. The van der Waals surface area contributed by atoms with E-state index in [9.17, 15) is 14.4 Å². The van der Waals surface area contributed by atoms with Gasteiger partial charge in [0.05, 0.1) is 24.4 Å². The molecule has 0 radical (unpaired) electrons. The maximum atomic E-state index is 13.6. The topological polar surface area (TPSA) is 76.2 Å². The highest BCUT2D eigenvalue weighted by atomic mass is 16.6. The molecule has 190 valence electrons. The molecule has 34 heavy (non-hydrogen) atoms. The minimum absolute atomic E-state index is 0.0109. The van der Waals surface area contributed by atoms with Gasteiger partial charge in [-0.1, -0.05) is 19.3 Å². The lowest BCUT2D eigenvalue weighted by atomic mass is 9.78. The van der Waals surface area contributed by atoms with E-state index in [-0.39, 0.29) is 47.7 Å². The Hall–Kier alpha value is -1.63. The predicted molar refractivity (Wildman–Crippen MR) is 127 cm³/mol. The molecule has 5 rings (SSSR count). The van der Waals surface area contributed by atoms with Gasteiger partial charge in [-0.25, -0.2) is 0 Å². The minimum atomic E-state index is -0.533. The zero-order valence-corrected chi connectivity index (χ0v) is 21.3. The average molecular weight is 475 g/mol. The summed E-state index contributed by atoms with van der Waals surface area (Å²) >= 11 is 0. The Morgan fingerprint density at radius 2 is 1.71 bits per heavy atom. The zero-order chi connectivity index (χ0) is 24.2. The molecule has 7 nitrogen and oxygen atoms in total. The molecule has 6 atom stereocenters. The summed E-state index contributed by atoms with van der Waals surface area (Å²) in [6.07, 6.45) is 8.32. The van der Waals surface area contributed by atoms with Crippen LogP contribution in [0.2, 0.25) is 0 Å². The molecule has 2 bridgehead atoms. The minimum Gasteiger partial charge on any atom is -0.459 e. The van der Waals surface area contributed by atoms with Gasteiger partial charge in [0.25, 0.3) is 0 Å². The van der Waals surface area contributed by atoms with Gasteiger partial charge >= 0.3 is 11.9 Å². The Morgan fingerprint density at radius 1 is 1.03 bits per heavy atom. The maximum absolute atomic E-state index is 13.6. The van der Waals surface area contributed by atoms with Crippen LogP contribution in [-0.4, -0.2) is 71.1 Å². The van der Waals surface area contributed by atoms with Crippen molar-refractivity contribution in [2.45, 2.75) is 103 Å². The molecule has 2 saturated heterocycles. The number of nitrogens with zero attached hydrogens (tertiary/aromatic N) is 2. The van der Waals surface area contributed by atoms with Crippen molar-refractivity contribution in [2.75, 3.05) is 19.6 Å². The first kappa shape index (κ1) is 24.1. The smallest absolute Gasteiger partial charge is 0.320 e. The lowest BCUT2D eigenvalue weighted by Gasteiger charge is -2.37. The van der Waals surface area contributed by atoms with Crippen molar-refractivity contribution < 1.29 is 23.9 Å². The largest absolute Gasteiger partial charge is 0.459 e. The van der Waals surface area contributed by atoms with Gasteiger partial charge in [0.1, 0.15) is 11.7 Å². The van der Waals surface area contributed by atoms with E-state index < -0.39 is 17.6 Å². The van der Waals surface area contributed by atoms with Crippen molar-refractivity contribution >= 4 is 17.8 Å². The lowest BCUT2D eigenvalue weighted by molar-refractivity contribution is -0.176. The van der Waals surface area contributed by atoms with Crippen molar-refractivity contribution in [3.05, 3.63) is 0 Å². The number of likely N-dealkylation sites (tertiary alicyclic amines) is 2. The highest BCUT2D eigenvalue weighted by molar-refractivity contribution is 5.90. The summed E-state index contributed by atoms with van der Waals surface area (Å²) in [5.41, 5.74) is -0.533. The first-order valence-electron chi connectivity index (χ1n) is 13.7. The molecule has 1 amide bonds. The van der Waals surface area contributed by atoms with Crippen LogP contribution in [0.4, 0.5) is 0 Å². The molecule has 2 heterocycles. The maximum Gasteiger partial charge on any atom is 0.320 e. The number of rotatable bonds is 7. The molecule has 2 aliphatic heterocycles. The fraction of sp³-hybridized carbons (Fsp3) is 0.889. The van der Waals surface area contributed by atoms with E-state index in [0.717, 1.165) is 45.2 Å². The number of fused-ring (bicyclic) bond motifs is 1. The molecule has 0 aromatic heterocycles. The molecule has 0 aromatic carbocycles. The number of amides is 1. The number of carbonyl (C=O) groups is 3. The van der Waals surface area contributed by atoms with Crippen molar-refractivity contribution in [1.82, 2.24) is 9.80 Å². The van der Waals surface area contributed by atoms with Crippen LogP contribution >= 0.6 is 0 Å². The van der Waals surface area contributed by atoms with E-state index in [1.165, 1.54) is 19.3 Å². The van der Waals surface area contributed by atoms with Gasteiger partial charge in [-0.15, -0.1) is 0 Å². The highest BCUT2D eigenvalue weighted by Gasteiger charge is 2.71. The SMILES string of the molecule is CC(C)N1C(=O)C2C3CC(C(OC(=O)CN4CCCCC4)C31)C2C(=O)OC(C)(C)C1CCCC1. The molecule has 3 saturated carbocycles. The van der Waals surface area contributed by atoms with Crippen molar-refractivity contribution in [2.24, 2.45) is 29.6 Å². The second kappa shape index (κ2) is 9.11. The normalized spacial score (nSPS) is 36.0. The second-order valence-electron chi connectivity index (χ2n) is 12.2. The Kier molecular flexibility index (Phi) is 6.45. The molecule has 5 aliphatic rings. The molecule has 0 N–H and O–H groups in total. The summed E-state index contributed by atoms with van der Waals surface area (Å²) < 4.78 is 12.3. The predicted octanol–water partition coefficient (Wildman–Crippen LogP) is 3.40. The Morgan fingerprint density at radius 3 is 2.35 bits per heavy atom. The third-order valence-electron chi connectivity index (χ3n) is 9.51. The van der Waals surface area contributed by atoms with Gasteiger partial charge in [0.2, 0.25) is 5.91 Å². The lowest BCUT2D eigenvalue weighted by Crippen LogP contribution is -2.50. The molecule has 3 aliphatic carbocycles. The van der Waals surface area contributed by atoms with Gasteiger partial charge in [-0.2, -0.15) is 0 Å². The molecular formula is C27H42N2O5. The Bertz CT molecular complexity index is 814.